The van der Waals surface area contributed by atoms with Crippen LogP contribution in [0.3, 0.4) is 0 Å². The molecule has 1 aromatic heterocycles. The van der Waals surface area contributed by atoms with Crippen molar-refractivity contribution in [1.29, 1.82) is 0 Å². The lowest BCUT2D eigenvalue weighted by Gasteiger charge is -2.24. The summed E-state index contributed by atoms with van der Waals surface area (Å²) >= 11 is 0. The number of aliphatic hydroxyl groups is 1. The monoisotopic (exact) mass is 266 g/mol. The number of hydrogen-bond donors (Lipinski definition) is 2. The average Bonchev–Trinajstić information content (AvgIpc) is 3.02. The van der Waals surface area contributed by atoms with Crippen molar-refractivity contribution in [3.63, 3.8) is 0 Å². The Morgan fingerprint density at radius 3 is 3.16 bits per heavy atom. The molecule has 2 rings (SSSR count). The van der Waals surface area contributed by atoms with Crippen LogP contribution in [0.2, 0.25) is 0 Å². The molecule has 5 nitrogen and oxygen atoms in total. The Labute approximate surface area is 115 Å². The summed E-state index contributed by atoms with van der Waals surface area (Å²) in [4.78, 5) is 2.32. The Morgan fingerprint density at radius 2 is 2.47 bits per heavy atom. The molecule has 0 aromatic carbocycles. The minimum absolute atomic E-state index is 0.218. The van der Waals surface area contributed by atoms with Gasteiger partial charge >= 0.3 is 0 Å². The molecule has 0 aliphatic carbocycles. The van der Waals surface area contributed by atoms with Crippen LogP contribution in [-0.4, -0.2) is 52.1 Å². The van der Waals surface area contributed by atoms with E-state index in [1.807, 2.05) is 10.9 Å². The first-order chi connectivity index (χ1) is 9.31. The minimum Gasteiger partial charge on any atom is -0.395 e. The lowest BCUT2D eigenvalue weighted by molar-refractivity contribution is 0.179. The molecule has 0 bridgehead atoms. The maximum absolute atomic E-state index is 9.20. The van der Waals surface area contributed by atoms with E-state index in [4.69, 9.17) is 0 Å². The topological polar surface area (TPSA) is 53.3 Å². The predicted molar refractivity (Wildman–Crippen MR) is 75.9 cm³/mol. The SMILES string of the molecule is CCCn1cc(CN(CCO)CC2CCCN2)cn1. The lowest BCUT2D eigenvalue weighted by Crippen LogP contribution is -2.38. The Kier molecular flexibility index (Phi) is 5.82. The van der Waals surface area contributed by atoms with Gasteiger partial charge in [-0.15, -0.1) is 0 Å². The number of aryl methyl sites for hydroxylation is 1. The van der Waals surface area contributed by atoms with E-state index < -0.39 is 0 Å². The molecular weight excluding hydrogens is 240 g/mol. The molecule has 0 spiro atoms. The first-order valence-electron chi connectivity index (χ1n) is 7.39. The van der Waals surface area contributed by atoms with Gasteiger partial charge in [0.05, 0.1) is 12.8 Å². The van der Waals surface area contributed by atoms with Crippen LogP contribution in [0.4, 0.5) is 0 Å². The Hall–Kier alpha value is -0.910. The molecule has 19 heavy (non-hydrogen) atoms. The first-order valence-corrected chi connectivity index (χ1v) is 7.39. The molecule has 2 N–H and O–H groups in total. The second kappa shape index (κ2) is 7.62. The summed E-state index contributed by atoms with van der Waals surface area (Å²) in [5.74, 6) is 0. The highest BCUT2D eigenvalue weighted by atomic mass is 16.3. The van der Waals surface area contributed by atoms with Crippen LogP contribution in [-0.2, 0) is 13.1 Å². The largest absolute Gasteiger partial charge is 0.395 e. The maximum atomic E-state index is 9.20. The summed E-state index contributed by atoms with van der Waals surface area (Å²) in [6, 6.07) is 0.581. The van der Waals surface area contributed by atoms with Gasteiger partial charge in [-0.05, 0) is 25.8 Å². The van der Waals surface area contributed by atoms with Gasteiger partial charge in [-0.1, -0.05) is 6.92 Å². The van der Waals surface area contributed by atoms with Gasteiger partial charge < -0.3 is 10.4 Å². The zero-order valence-corrected chi connectivity index (χ0v) is 11.9. The molecule has 0 radical (unpaired) electrons. The fourth-order valence-corrected chi connectivity index (χ4v) is 2.70. The third-order valence-electron chi connectivity index (χ3n) is 3.60. The zero-order valence-electron chi connectivity index (χ0n) is 11.9. The molecule has 1 atom stereocenters. The third-order valence-corrected chi connectivity index (χ3v) is 3.60. The molecule has 1 unspecified atom stereocenters. The zero-order chi connectivity index (χ0) is 13.5. The van der Waals surface area contributed by atoms with E-state index in [0.29, 0.717) is 6.04 Å². The average molecular weight is 266 g/mol. The van der Waals surface area contributed by atoms with Crippen molar-refractivity contribution in [3.8, 4) is 0 Å². The third kappa shape index (κ3) is 4.60. The molecule has 1 aliphatic heterocycles. The van der Waals surface area contributed by atoms with Crippen LogP contribution < -0.4 is 5.32 Å². The van der Waals surface area contributed by atoms with Crippen molar-refractivity contribution in [2.45, 2.75) is 45.3 Å². The van der Waals surface area contributed by atoms with Crippen LogP contribution in [0.5, 0.6) is 0 Å². The van der Waals surface area contributed by atoms with Crippen molar-refractivity contribution in [2.24, 2.45) is 0 Å². The minimum atomic E-state index is 0.218. The van der Waals surface area contributed by atoms with E-state index in [1.54, 1.807) is 0 Å². The molecule has 2 heterocycles. The second-order valence-electron chi connectivity index (χ2n) is 5.36. The summed E-state index contributed by atoms with van der Waals surface area (Å²) in [6.45, 7) is 7.11. The number of aromatic nitrogens is 2. The van der Waals surface area contributed by atoms with Crippen molar-refractivity contribution >= 4 is 0 Å². The van der Waals surface area contributed by atoms with E-state index in [0.717, 1.165) is 39.1 Å². The van der Waals surface area contributed by atoms with E-state index in [2.05, 4.69) is 28.4 Å². The van der Waals surface area contributed by atoms with Crippen LogP contribution in [0.25, 0.3) is 0 Å². The number of aliphatic hydroxyl groups excluding tert-OH is 1. The number of rotatable bonds is 8. The van der Waals surface area contributed by atoms with Crippen LogP contribution in [0.1, 0.15) is 31.7 Å². The molecular formula is C14H26N4O. The summed E-state index contributed by atoms with van der Waals surface area (Å²) in [5.41, 5.74) is 1.24. The van der Waals surface area contributed by atoms with E-state index in [1.165, 1.54) is 18.4 Å². The van der Waals surface area contributed by atoms with Crippen molar-refractivity contribution in [2.75, 3.05) is 26.2 Å². The van der Waals surface area contributed by atoms with Gasteiger partial charge in [0.1, 0.15) is 0 Å². The first kappa shape index (κ1) is 14.5. The molecule has 1 aliphatic rings. The number of nitrogens with one attached hydrogen (secondary N) is 1. The summed E-state index contributed by atoms with van der Waals surface area (Å²) < 4.78 is 2.00. The Morgan fingerprint density at radius 1 is 1.58 bits per heavy atom. The standard InChI is InChI=1S/C14H26N4O/c1-2-6-18-11-13(9-16-18)10-17(7-8-19)12-14-4-3-5-15-14/h9,11,14-15,19H,2-8,10,12H2,1H3. The van der Waals surface area contributed by atoms with Gasteiger partial charge in [0.15, 0.2) is 0 Å². The van der Waals surface area contributed by atoms with Gasteiger partial charge in [0, 0.05) is 44.0 Å². The molecule has 0 saturated carbocycles. The highest BCUT2D eigenvalue weighted by Gasteiger charge is 2.18. The van der Waals surface area contributed by atoms with Gasteiger partial charge in [-0.25, -0.2) is 0 Å². The normalized spacial score (nSPS) is 19.4. The number of hydrogen-bond acceptors (Lipinski definition) is 4. The van der Waals surface area contributed by atoms with E-state index >= 15 is 0 Å². The summed E-state index contributed by atoms with van der Waals surface area (Å²) in [6.07, 6.45) is 7.69. The van der Waals surface area contributed by atoms with Crippen LogP contribution >= 0.6 is 0 Å². The van der Waals surface area contributed by atoms with Crippen molar-refractivity contribution in [1.82, 2.24) is 20.0 Å². The van der Waals surface area contributed by atoms with E-state index in [-0.39, 0.29) is 6.61 Å². The molecule has 5 heteroatoms. The van der Waals surface area contributed by atoms with Gasteiger partial charge in [-0.3, -0.25) is 9.58 Å². The summed E-state index contributed by atoms with van der Waals surface area (Å²) in [5, 5.41) is 17.1. The maximum Gasteiger partial charge on any atom is 0.0558 e. The van der Waals surface area contributed by atoms with Crippen molar-refractivity contribution in [3.05, 3.63) is 18.0 Å². The quantitative estimate of drug-likeness (QED) is 0.732. The van der Waals surface area contributed by atoms with Crippen molar-refractivity contribution < 1.29 is 5.11 Å². The Balaban J connectivity index is 1.86. The lowest BCUT2D eigenvalue weighted by atomic mass is 10.2. The van der Waals surface area contributed by atoms with Gasteiger partial charge in [0.25, 0.3) is 0 Å². The van der Waals surface area contributed by atoms with Gasteiger partial charge in [-0.2, -0.15) is 5.10 Å². The molecule has 1 saturated heterocycles. The molecule has 1 aromatic rings. The van der Waals surface area contributed by atoms with Gasteiger partial charge in [0.2, 0.25) is 0 Å². The number of nitrogens with zero attached hydrogens (tertiary/aromatic N) is 3. The summed E-state index contributed by atoms with van der Waals surface area (Å²) in [7, 11) is 0. The predicted octanol–water partition coefficient (Wildman–Crippen LogP) is 0.839. The molecule has 108 valence electrons. The van der Waals surface area contributed by atoms with E-state index in [9.17, 15) is 5.11 Å². The smallest absolute Gasteiger partial charge is 0.0558 e. The second-order valence-corrected chi connectivity index (χ2v) is 5.36. The highest BCUT2D eigenvalue weighted by molar-refractivity contribution is 5.03. The Bertz CT molecular complexity index is 360. The fourth-order valence-electron chi connectivity index (χ4n) is 2.70. The highest BCUT2D eigenvalue weighted by Crippen LogP contribution is 2.10. The molecule has 1 fully saturated rings. The van der Waals surface area contributed by atoms with Crippen LogP contribution in [0, 0.1) is 0 Å². The van der Waals surface area contributed by atoms with Crippen LogP contribution in [0.15, 0.2) is 12.4 Å². The fraction of sp³-hybridized carbons (Fsp3) is 0.786. The molecule has 0 amide bonds.